The molecule has 0 aliphatic carbocycles. The van der Waals surface area contributed by atoms with Crippen LogP contribution >= 0.6 is 0 Å². The highest BCUT2D eigenvalue weighted by molar-refractivity contribution is 5.46. The average molecular weight is 198 g/mol. The van der Waals surface area contributed by atoms with Crippen LogP contribution in [0.1, 0.15) is 11.3 Å². The van der Waals surface area contributed by atoms with Gasteiger partial charge in [0, 0.05) is 6.07 Å². The average Bonchev–Trinajstić information content (AvgIpc) is 2.58. The summed E-state index contributed by atoms with van der Waals surface area (Å²) in [7, 11) is 0. The number of aryl methyl sites for hydroxylation is 1. The van der Waals surface area contributed by atoms with Crippen LogP contribution in [0.2, 0.25) is 0 Å². The van der Waals surface area contributed by atoms with Crippen LogP contribution in [0.3, 0.4) is 0 Å². The van der Waals surface area contributed by atoms with E-state index in [1.807, 2.05) is 19.1 Å². The third kappa shape index (κ3) is 1.67. The minimum absolute atomic E-state index is 0.572. The molecular formula is C11H10N4. The van der Waals surface area contributed by atoms with Gasteiger partial charge in [0.2, 0.25) is 0 Å². The molecule has 0 amide bonds. The standard InChI is InChI=1S/C11H10N4/c1-8-5-11(13)15(14-8)10-4-2-3-9(6-10)7-12/h2-6H,13H2,1H3. The SMILES string of the molecule is Cc1cc(N)n(-c2cccc(C#N)c2)n1. The maximum Gasteiger partial charge on any atom is 0.127 e. The Hall–Kier alpha value is -2.28. The van der Waals surface area contributed by atoms with Crippen molar-refractivity contribution in [2.45, 2.75) is 6.92 Å². The zero-order chi connectivity index (χ0) is 10.8. The van der Waals surface area contributed by atoms with E-state index in [0.29, 0.717) is 11.4 Å². The van der Waals surface area contributed by atoms with Gasteiger partial charge in [0.15, 0.2) is 0 Å². The molecule has 0 aliphatic heterocycles. The summed E-state index contributed by atoms with van der Waals surface area (Å²) in [6.45, 7) is 1.88. The molecule has 4 heteroatoms. The highest BCUT2D eigenvalue weighted by Crippen LogP contribution is 2.14. The van der Waals surface area contributed by atoms with E-state index in [1.165, 1.54) is 0 Å². The minimum Gasteiger partial charge on any atom is -0.384 e. The first-order chi connectivity index (χ1) is 7.20. The lowest BCUT2D eigenvalue weighted by atomic mass is 10.2. The second-order valence-corrected chi connectivity index (χ2v) is 3.28. The molecule has 0 saturated carbocycles. The molecule has 2 N–H and O–H groups in total. The van der Waals surface area contributed by atoms with Crippen LogP contribution in [-0.2, 0) is 0 Å². The Morgan fingerprint density at radius 2 is 2.20 bits per heavy atom. The molecule has 0 spiro atoms. The number of rotatable bonds is 1. The molecule has 2 aromatic rings. The number of anilines is 1. The number of nitrogens with zero attached hydrogens (tertiary/aromatic N) is 3. The lowest BCUT2D eigenvalue weighted by Gasteiger charge is -2.03. The van der Waals surface area contributed by atoms with Gasteiger partial charge in [-0.05, 0) is 25.1 Å². The fourth-order valence-electron chi connectivity index (χ4n) is 1.43. The number of benzene rings is 1. The molecular weight excluding hydrogens is 188 g/mol. The summed E-state index contributed by atoms with van der Waals surface area (Å²) in [6, 6.07) is 11.0. The van der Waals surface area contributed by atoms with Crippen molar-refractivity contribution in [3.63, 3.8) is 0 Å². The van der Waals surface area contributed by atoms with Crippen molar-refractivity contribution in [3.8, 4) is 11.8 Å². The van der Waals surface area contributed by atoms with Crippen LogP contribution in [0.4, 0.5) is 5.82 Å². The van der Waals surface area contributed by atoms with Crippen LogP contribution in [-0.4, -0.2) is 9.78 Å². The molecule has 2 rings (SSSR count). The molecule has 0 fully saturated rings. The van der Waals surface area contributed by atoms with E-state index in [-0.39, 0.29) is 0 Å². The summed E-state index contributed by atoms with van der Waals surface area (Å²) in [5, 5.41) is 13.0. The van der Waals surface area contributed by atoms with Gasteiger partial charge in [0.1, 0.15) is 5.82 Å². The lowest BCUT2D eigenvalue weighted by Crippen LogP contribution is -2.01. The van der Waals surface area contributed by atoms with E-state index in [2.05, 4.69) is 11.2 Å². The van der Waals surface area contributed by atoms with E-state index in [9.17, 15) is 0 Å². The van der Waals surface area contributed by atoms with Gasteiger partial charge in [-0.15, -0.1) is 0 Å². The second kappa shape index (κ2) is 3.46. The van der Waals surface area contributed by atoms with Gasteiger partial charge >= 0.3 is 0 Å². The number of hydrogen-bond donors (Lipinski definition) is 1. The molecule has 0 unspecified atom stereocenters. The zero-order valence-electron chi connectivity index (χ0n) is 8.31. The molecule has 4 nitrogen and oxygen atoms in total. The summed E-state index contributed by atoms with van der Waals surface area (Å²) >= 11 is 0. The summed E-state index contributed by atoms with van der Waals surface area (Å²) in [5.41, 5.74) is 8.04. The highest BCUT2D eigenvalue weighted by Gasteiger charge is 2.04. The van der Waals surface area contributed by atoms with Crippen molar-refractivity contribution < 1.29 is 0 Å². The topological polar surface area (TPSA) is 67.6 Å². The largest absolute Gasteiger partial charge is 0.384 e. The fourth-order valence-corrected chi connectivity index (χ4v) is 1.43. The molecule has 0 aliphatic rings. The van der Waals surface area contributed by atoms with Crippen LogP contribution in [0.5, 0.6) is 0 Å². The second-order valence-electron chi connectivity index (χ2n) is 3.28. The molecule has 1 aromatic heterocycles. The maximum absolute atomic E-state index is 8.77. The first kappa shape index (κ1) is 9.28. The van der Waals surface area contributed by atoms with Crippen molar-refractivity contribution in [1.82, 2.24) is 9.78 Å². The van der Waals surface area contributed by atoms with Gasteiger partial charge < -0.3 is 5.73 Å². The van der Waals surface area contributed by atoms with Crippen LogP contribution in [0.25, 0.3) is 5.69 Å². The quantitative estimate of drug-likeness (QED) is 0.757. The maximum atomic E-state index is 8.77. The van der Waals surface area contributed by atoms with Crippen molar-refractivity contribution in [1.29, 1.82) is 5.26 Å². The summed E-state index contributed by atoms with van der Waals surface area (Å²) in [4.78, 5) is 0. The Balaban J connectivity index is 2.55. The first-order valence-electron chi connectivity index (χ1n) is 4.53. The minimum atomic E-state index is 0.572. The number of aromatic nitrogens is 2. The third-order valence-electron chi connectivity index (χ3n) is 2.08. The summed E-state index contributed by atoms with van der Waals surface area (Å²) in [5.74, 6) is 0.572. The number of nitrogens with two attached hydrogens (primary N) is 1. The van der Waals surface area contributed by atoms with Crippen molar-refractivity contribution in [2.75, 3.05) is 5.73 Å². The van der Waals surface area contributed by atoms with Gasteiger partial charge in [-0.2, -0.15) is 10.4 Å². The smallest absolute Gasteiger partial charge is 0.127 e. The van der Waals surface area contributed by atoms with Crippen LogP contribution < -0.4 is 5.73 Å². The van der Waals surface area contributed by atoms with E-state index in [0.717, 1.165) is 11.4 Å². The lowest BCUT2D eigenvalue weighted by molar-refractivity contribution is 0.871. The fraction of sp³-hybridized carbons (Fsp3) is 0.0909. The van der Waals surface area contributed by atoms with E-state index in [1.54, 1.807) is 22.9 Å². The van der Waals surface area contributed by atoms with E-state index in [4.69, 9.17) is 11.0 Å². The monoisotopic (exact) mass is 198 g/mol. The number of nitriles is 1. The van der Waals surface area contributed by atoms with Crippen molar-refractivity contribution in [3.05, 3.63) is 41.6 Å². The van der Waals surface area contributed by atoms with Crippen molar-refractivity contribution >= 4 is 5.82 Å². The Labute approximate surface area is 87.6 Å². The molecule has 1 aromatic carbocycles. The summed E-state index contributed by atoms with van der Waals surface area (Å²) in [6.07, 6.45) is 0. The molecule has 0 atom stereocenters. The van der Waals surface area contributed by atoms with Crippen molar-refractivity contribution in [2.24, 2.45) is 0 Å². The molecule has 0 saturated heterocycles. The highest BCUT2D eigenvalue weighted by atomic mass is 15.3. The molecule has 15 heavy (non-hydrogen) atoms. The number of hydrogen-bond acceptors (Lipinski definition) is 3. The van der Waals surface area contributed by atoms with Gasteiger partial charge in [0.25, 0.3) is 0 Å². The Bertz CT molecular complexity index is 534. The van der Waals surface area contributed by atoms with Gasteiger partial charge in [0.05, 0.1) is 23.0 Å². The van der Waals surface area contributed by atoms with Crippen LogP contribution in [0.15, 0.2) is 30.3 Å². The molecule has 74 valence electrons. The van der Waals surface area contributed by atoms with Gasteiger partial charge in [-0.25, -0.2) is 4.68 Å². The van der Waals surface area contributed by atoms with E-state index >= 15 is 0 Å². The molecule has 0 radical (unpaired) electrons. The van der Waals surface area contributed by atoms with E-state index < -0.39 is 0 Å². The Morgan fingerprint density at radius 1 is 1.40 bits per heavy atom. The zero-order valence-corrected chi connectivity index (χ0v) is 8.31. The van der Waals surface area contributed by atoms with Crippen LogP contribution in [0, 0.1) is 18.3 Å². The predicted molar refractivity (Wildman–Crippen MR) is 57.4 cm³/mol. The first-order valence-corrected chi connectivity index (χ1v) is 4.53. The summed E-state index contributed by atoms with van der Waals surface area (Å²) < 4.78 is 1.62. The Kier molecular flexibility index (Phi) is 2.14. The third-order valence-corrected chi connectivity index (χ3v) is 2.08. The normalized spacial score (nSPS) is 9.87. The molecule has 1 heterocycles. The van der Waals surface area contributed by atoms with Gasteiger partial charge in [-0.1, -0.05) is 6.07 Å². The number of nitrogen functional groups attached to an aromatic ring is 1. The van der Waals surface area contributed by atoms with Gasteiger partial charge in [-0.3, -0.25) is 0 Å². The molecule has 0 bridgehead atoms. The Morgan fingerprint density at radius 3 is 2.80 bits per heavy atom. The predicted octanol–water partition coefficient (Wildman–Crippen LogP) is 1.63.